The molecule has 0 aliphatic rings. The van der Waals surface area contributed by atoms with Gasteiger partial charge in [-0.25, -0.2) is 0 Å². The lowest BCUT2D eigenvalue weighted by molar-refractivity contribution is -0.119. The molecule has 0 saturated carbocycles. The van der Waals surface area contributed by atoms with Gasteiger partial charge in [0, 0.05) is 19.5 Å². The van der Waals surface area contributed by atoms with E-state index in [1.54, 1.807) is 6.92 Å². The molecule has 0 aromatic carbocycles. The van der Waals surface area contributed by atoms with Crippen LogP contribution in [0.4, 0.5) is 0 Å². The van der Waals surface area contributed by atoms with Crippen LogP contribution in [0, 0.1) is 0 Å². The first-order valence-electron chi connectivity index (χ1n) is 4.24. The Bertz CT molecular complexity index is 166. The molecule has 1 N–H and O–H groups in total. The summed E-state index contributed by atoms with van der Waals surface area (Å²) in [4.78, 5) is 12.9. The Kier molecular flexibility index (Phi) is 5.62. The molecule has 0 unspecified atom stereocenters. The second-order valence-corrected chi connectivity index (χ2v) is 2.77. The van der Waals surface area contributed by atoms with Gasteiger partial charge in [0.05, 0.1) is 0 Å². The SMILES string of the molecule is CCC(=O)NC(=S)N(CC)CC. The van der Waals surface area contributed by atoms with Gasteiger partial charge < -0.3 is 10.2 Å². The van der Waals surface area contributed by atoms with Crippen LogP contribution in [0.1, 0.15) is 27.2 Å². The van der Waals surface area contributed by atoms with Gasteiger partial charge in [-0.2, -0.15) is 0 Å². The molecule has 0 atom stereocenters. The van der Waals surface area contributed by atoms with Crippen molar-refractivity contribution in [2.75, 3.05) is 13.1 Å². The molecule has 70 valence electrons. The number of carbonyl (C=O) groups is 1. The van der Waals surface area contributed by atoms with E-state index in [9.17, 15) is 4.79 Å². The van der Waals surface area contributed by atoms with Crippen molar-refractivity contribution in [3.05, 3.63) is 0 Å². The number of amides is 1. The number of hydrogen-bond acceptors (Lipinski definition) is 2. The normalized spacial score (nSPS) is 9.25. The van der Waals surface area contributed by atoms with Crippen molar-refractivity contribution in [2.45, 2.75) is 27.2 Å². The summed E-state index contributed by atoms with van der Waals surface area (Å²) < 4.78 is 0. The largest absolute Gasteiger partial charge is 0.350 e. The summed E-state index contributed by atoms with van der Waals surface area (Å²) in [6, 6.07) is 0. The highest BCUT2D eigenvalue weighted by atomic mass is 32.1. The highest BCUT2D eigenvalue weighted by Crippen LogP contribution is 1.89. The van der Waals surface area contributed by atoms with Crippen LogP contribution in [-0.2, 0) is 4.79 Å². The highest BCUT2D eigenvalue weighted by Gasteiger charge is 2.06. The summed E-state index contributed by atoms with van der Waals surface area (Å²) >= 11 is 5.01. The van der Waals surface area contributed by atoms with Gasteiger partial charge in [-0.05, 0) is 26.1 Å². The molecule has 0 heterocycles. The number of nitrogens with one attached hydrogen (secondary N) is 1. The van der Waals surface area contributed by atoms with Crippen molar-refractivity contribution in [1.82, 2.24) is 10.2 Å². The lowest BCUT2D eigenvalue weighted by atomic mass is 10.4. The maximum Gasteiger partial charge on any atom is 0.225 e. The third-order valence-electron chi connectivity index (χ3n) is 1.62. The van der Waals surface area contributed by atoms with Crippen molar-refractivity contribution in [3.63, 3.8) is 0 Å². The summed E-state index contributed by atoms with van der Waals surface area (Å²) in [5.74, 6) is -0.0214. The number of rotatable bonds is 3. The first kappa shape index (κ1) is 11.4. The van der Waals surface area contributed by atoms with E-state index in [2.05, 4.69) is 5.32 Å². The fourth-order valence-corrected chi connectivity index (χ4v) is 1.17. The Hall–Kier alpha value is -0.640. The minimum absolute atomic E-state index is 0.0214. The Labute approximate surface area is 79.1 Å². The molecule has 1 amide bonds. The standard InChI is InChI=1S/C8H16N2OS/c1-4-7(11)9-8(12)10(5-2)6-3/h4-6H2,1-3H3,(H,9,11,12). The fourth-order valence-electron chi connectivity index (χ4n) is 0.798. The molecule has 0 fully saturated rings. The Morgan fingerprint density at radius 1 is 1.33 bits per heavy atom. The summed E-state index contributed by atoms with van der Waals surface area (Å²) in [6.45, 7) is 7.49. The van der Waals surface area contributed by atoms with Crippen molar-refractivity contribution in [2.24, 2.45) is 0 Å². The minimum atomic E-state index is -0.0214. The molecule has 0 aromatic rings. The summed E-state index contributed by atoms with van der Waals surface area (Å²) in [5, 5.41) is 3.18. The van der Waals surface area contributed by atoms with Crippen molar-refractivity contribution < 1.29 is 4.79 Å². The van der Waals surface area contributed by atoms with Gasteiger partial charge in [0.25, 0.3) is 0 Å². The second-order valence-electron chi connectivity index (χ2n) is 2.38. The van der Waals surface area contributed by atoms with Crippen LogP contribution in [0.25, 0.3) is 0 Å². The van der Waals surface area contributed by atoms with Gasteiger partial charge in [-0.15, -0.1) is 0 Å². The predicted molar refractivity (Wildman–Crippen MR) is 54.0 cm³/mol. The Morgan fingerprint density at radius 2 is 1.83 bits per heavy atom. The molecule has 3 nitrogen and oxygen atoms in total. The van der Waals surface area contributed by atoms with E-state index in [1.807, 2.05) is 18.7 Å². The first-order valence-corrected chi connectivity index (χ1v) is 4.65. The zero-order valence-corrected chi connectivity index (χ0v) is 8.70. The molecular formula is C8H16N2OS. The van der Waals surface area contributed by atoms with Gasteiger partial charge in [0.1, 0.15) is 0 Å². The smallest absolute Gasteiger partial charge is 0.225 e. The maximum absolute atomic E-state index is 10.9. The number of nitrogens with zero attached hydrogens (tertiary/aromatic N) is 1. The van der Waals surface area contributed by atoms with Gasteiger partial charge in [0.15, 0.2) is 5.11 Å². The van der Waals surface area contributed by atoms with E-state index < -0.39 is 0 Å². The summed E-state index contributed by atoms with van der Waals surface area (Å²) in [7, 11) is 0. The van der Waals surface area contributed by atoms with E-state index in [0.29, 0.717) is 11.5 Å². The number of hydrogen-bond donors (Lipinski definition) is 1. The zero-order chi connectivity index (χ0) is 9.56. The minimum Gasteiger partial charge on any atom is -0.350 e. The molecule has 4 heteroatoms. The van der Waals surface area contributed by atoms with Gasteiger partial charge >= 0.3 is 0 Å². The average Bonchev–Trinajstić information content (AvgIpc) is 2.06. The molecule has 12 heavy (non-hydrogen) atoms. The van der Waals surface area contributed by atoms with E-state index in [1.165, 1.54) is 0 Å². The predicted octanol–water partition coefficient (Wildman–Crippen LogP) is 1.14. The summed E-state index contributed by atoms with van der Waals surface area (Å²) in [6.07, 6.45) is 0.474. The highest BCUT2D eigenvalue weighted by molar-refractivity contribution is 7.80. The summed E-state index contributed by atoms with van der Waals surface area (Å²) in [5.41, 5.74) is 0. The molecule has 0 radical (unpaired) electrons. The third-order valence-corrected chi connectivity index (χ3v) is 1.98. The molecule has 0 aliphatic heterocycles. The Balaban J connectivity index is 3.92. The average molecular weight is 188 g/mol. The quantitative estimate of drug-likeness (QED) is 0.674. The molecule has 0 aromatic heterocycles. The maximum atomic E-state index is 10.9. The number of thiocarbonyl (C=S) groups is 1. The third kappa shape index (κ3) is 3.67. The molecular weight excluding hydrogens is 172 g/mol. The van der Waals surface area contributed by atoms with Crippen LogP contribution in [0.15, 0.2) is 0 Å². The van der Waals surface area contributed by atoms with Crippen LogP contribution in [0.2, 0.25) is 0 Å². The van der Waals surface area contributed by atoms with E-state index in [-0.39, 0.29) is 5.91 Å². The van der Waals surface area contributed by atoms with Gasteiger partial charge in [0.2, 0.25) is 5.91 Å². The van der Waals surface area contributed by atoms with Crippen LogP contribution < -0.4 is 5.32 Å². The second kappa shape index (κ2) is 5.94. The lowest BCUT2D eigenvalue weighted by Gasteiger charge is -2.21. The molecule has 0 rings (SSSR count). The zero-order valence-electron chi connectivity index (χ0n) is 7.89. The van der Waals surface area contributed by atoms with Crippen molar-refractivity contribution >= 4 is 23.2 Å². The van der Waals surface area contributed by atoms with Gasteiger partial charge in [-0.1, -0.05) is 6.92 Å². The van der Waals surface area contributed by atoms with Crippen LogP contribution >= 0.6 is 12.2 Å². The van der Waals surface area contributed by atoms with E-state index >= 15 is 0 Å². The van der Waals surface area contributed by atoms with Crippen LogP contribution in [0.3, 0.4) is 0 Å². The van der Waals surface area contributed by atoms with Crippen molar-refractivity contribution in [3.8, 4) is 0 Å². The first-order chi connectivity index (χ1) is 5.65. The molecule has 0 saturated heterocycles. The Morgan fingerprint density at radius 3 is 2.17 bits per heavy atom. The van der Waals surface area contributed by atoms with E-state index in [0.717, 1.165) is 13.1 Å². The van der Waals surface area contributed by atoms with Crippen LogP contribution in [-0.4, -0.2) is 29.0 Å². The van der Waals surface area contributed by atoms with Gasteiger partial charge in [-0.3, -0.25) is 4.79 Å². The molecule has 0 spiro atoms. The monoisotopic (exact) mass is 188 g/mol. The van der Waals surface area contributed by atoms with E-state index in [4.69, 9.17) is 12.2 Å². The molecule has 0 bridgehead atoms. The lowest BCUT2D eigenvalue weighted by Crippen LogP contribution is -2.42. The molecule has 0 aliphatic carbocycles. The topological polar surface area (TPSA) is 32.3 Å². The van der Waals surface area contributed by atoms with Crippen molar-refractivity contribution in [1.29, 1.82) is 0 Å². The van der Waals surface area contributed by atoms with Crippen LogP contribution in [0.5, 0.6) is 0 Å². The fraction of sp³-hybridized carbons (Fsp3) is 0.750. The number of carbonyl (C=O) groups excluding carboxylic acids is 1.